The second-order valence-corrected chi connectivity index (χ2v) is 6.47. The molecule has 0 bridgehead atoms. The number of rotatable bonds is 6. The molecule has 3 rings (SSSR count). The zero-order valence-electron chi connectivity index (χ0n) is 14.1. The summed E-state index contributed by atoms with van der Waals surface area (Å²) in [7, 11) is 0. The molecular weight excluding hydrogens is 294 g/mol. The number of nitrogens with zero attached hydrogens (tertiary/aromatic N) is 1. The Bertz CT molecular complexity index is 576. The Kier molecular flexibility index (Phi) is 4.76. The second-order valence-electron chi connectivity index (χ2n) is 6.47. The van der Waals surface area contributed by atoms with Gasteiger partial charge in [-0.25, -0.2) is 0 Å². The average molecular weight is 319 g/mol. The summed E-state index contributed by atoms with van der Waals surface area (Å²) in [4.78, 5) is 5.68. The van der Waals surface area contributed by atoms with Gasteiger partial charge in [-0.1, -0.05) is 12.1 Å². The van der Waals surface area contributed by atoms with Crippen LogP contribution in [-0.4, -0.2) is 37.2 Å². The van der Waals surface area contributed by atoms with Crippen molar-refractivity contribution in [3.8, 4) is 11.5 Å². The van der Waals surface area contributed by atoms with Gasteiger partial charge in [0.25, 0.3) is 0 Å². The van der Waals surface area contributed by atoms with E-state index in [0.717, 1.165) is 48.6 Å². The second kappa shape index (κ2) is 6.79. The molecular formula is C18H25NO4. The quantitative estimate of drug-likeness (QED) is 0.804. The first-order valence-corrected chi connectivity index (χ1v) is 8.38. The summed E-state index contributed by atoms with van der Waals surface area (Å²) in [6.45, 7) is 8.15. The number of ether oxygens (including phenoxy) is 3. The minimum atomic E-state index is -0.258. The Labute approximate surface area is 137 Å². The summed E-state index contributed by atoms with van der Waals surface area (Å²) in [6, 6.07) is 5.98. The van der Waals surface area contributed by atoms with Crippen molar-refractivity contribution >= 4 is 5.71 Å². The SMILES string of the molecule is CCCOc1ccc(C2=NOC3(CCOC3)C2)cc1OC(C)C. The van der Waals surface area contributed by atoms with E-state index >= 15 is 0 Å². The van der Waals surface area contributed by atoms with Crippen LogP contribution in [-0.2, 0) is 9.57 Å². The number of benzene rings is 1. The van der Waals surface area contributed by atoms with Crippen LogP contribution in [0.5, 0.6) is 11.5 Å². The fraction of sp³-hybridized carbons (Fsp3) is 0.611. The average Bonchev–Trinajstić information content (AvgIpc) is 3.16. The van der Waals surface area contributed by atoms with Gasteiger partial charge < -0.3 is 19.0 Å². The molecule has 5 heteroatoms. The number of hydrogen-bond donors (Lipinski definition) is 0. The molecule has 0 N–H and O–H groups in total. The summed E-state index contributed by atoms with van der Waals surface area (Å²) in [5, 5.41) is 4.29. The molecule has 1 aromatic carbocycles. The van der Waals surface area contributed by atoms with Crippen molar-refractivity contribution < 1.29 is 19.0 Å². The van der Waals surface area contributed by atoms with Gasteiger partial charge in [0.2, 0.25) is 0 Å². The lowest BCUT2D eigenvalue weighted by atomic mass is 9.93. The van der Waals surface area contributed by atoms with E-state index < -0.39 is 0 Å². The monoisotopic (exact) mass is 319 g/mol. The van der Waals surface area contributed by atoms with Crippen molar-refractivity contribution in [2.24, 2.45) is 5.16 Å². The first kappa shape index (κ1) is 16.1. The molecule has 126 valence electrons. The predicted molar refractivity (Wildman–Crippen MR) is 88.4 cm³/mol. The van der Waals surface area contributed by atoms with Gasteiger partial charge in [-0.05, 0) is 38.5 Å². The summed E-state index contributed by atoms with van der Waals surface area (Å²) in [6.07, 6.45) is 2.73. The van der Waals surface area contributed by atoms with Crippen LogP contribution in [0.2, 0.25) is 0 Å². The van der Waals surface area contributed by atoms with Crippen LogP contribution >= 0.6 is 0 Å². The number of hydrogen-bond acceptors (Lipinski definition) is 5. The highest BCUT2D eigenvalue weighted by molar-refractivity contribution is 6.02. The molecule has 0 aromatic heterocycles. The Hall–Kier alpha value is -1.75. The van der Waals surface area contributed by atoms with E-state index in [1.807, 2.05) is 32.0 Å². The molecule has 1 fully saturated rings. The molecule has 2 aliphatic heterocycles. The first-order chi connectivity index (χ1) is 11.1. The van der Waals surface area contributed by atoms with Gasteiger partial charge >= 0.3 is 0 Å². The standard InChI is InChI=1S/C18H25NO4/c1-4-8-21-16-6-5-14(10-17(16)22-13(2)3)15-11-18(23-19-15)7-9-20-12-18/h5-6,10,13H,4,7-9,11-12H2,1-3H3. The summed E-state index contributed by atoms with van der Waals surface area (Å²) >= 11 is 0. The Balaban J connectivity index is 1.80. The van der Waals surface area contributed by atoms with Gasteiger partial charge in [0, 0.05) is 18.4 Å². The third kappa shape index (κ3) is 3.61. The molecule has 0 aliphatic carbocycles. The Morgan fingerprint density at radius 3 is 2.87 bits per heavy atom. The minimum Gasteiger partial charge on any atom is -0.490 e. The predicted octanol–water partition coefficient (Wildman–Crippen LogP) is 3.55. The molecule has 2 aliphatic rings. The Morgan fingerprint density at radius 2 is 2.17 bits per heavy atom. The van der Waals surface area contributed by atoms with Crippen molar-refractivity contribution in [3.63, 3.8) is 0 Å². The topological polar surface area (TPSA) is 49.3 Å². The van der Waals surface area contributed by atoms with Gasteiger partial charge in [-0.15, -0.1) is 0 Å². The van der Waals surface area contributed by atoms with Crippen molar-refractivity contribution in [3.05, 3.63) is 23.8 Å². The highest BCUT2D eigenvalue weighted by Crippen LogP contribution is 2.36. The molecule has 1 unspecified atom stereocenters. The van der Waals surface area contributed by atoms with E-state index in [-0.39, 0.29) is 11.7 Å². The fourth-order valence-corrected chi connectivity index (χ4v) is 2.84. The van der Waals surface area contributed by atoms with E-state index in [2.05, 4.69) is 12.1 Å². The largest absolute Gasteiger partial charge is 0.490 e. The maximum Gasteiger partial charge on any atom is 0.168 e. The van der Waals surface area contributed by atoms with Gasteiger partial charge in [0.1, 0.15) is 0 Å². The van der Waals surface area contributed by atoms with Crippen LogP contribution in [0.25, 0.3) is 0 Å². The fourth-order valence-electron chi connectivity index (χ4n) is 2.84. The lowest BCUT2D eigenvalue weighted by Gasteiger charge is -2.18. The van der Waals surface area contributed by atoms with Crippen molar-refractivity contribution in [2.75, 3.05) is 19.8 Å². The van der Waals surface area contributed by atoms with Crippen molar-refractivity contribution in [1.82, 2.24) is 0 Å². The molecule has 1 atom stereocenters. The Morgan fingerprint density at radius 1 is 1.30 bits per heavy atom. The lowest BCUT2D eigenvalue weighted by Crippen LogP contribution is -2.29. The normalized spacial score (nSPS) is 23.2. The van der Waals surface area contributed by atoms with Crippen LogP contribution in [0.4, 0.5) is 0 Å². The molecule has 0 radical (unpaired) electrons. The maximum absolute atomic E-state index is 5.91. The molecule has 23 heavy (non-hydrogen) atoms. The highest BCUT2D eigenvalue weighted by atomic mass is 16.7. The van der Waals surface area contributed by atoms with E-state index in [9.17, 15) is 0 Å². The molecule has 0 saturated carbocycles. The van der Waals surface area contributed by atoms with E-state index in [1.54, 1.807) is 0 Å². The maximum atomic E-state index is 5.91. The summed E-state index contributed by atoms with van der Waals surface area (Å²) in [5.41, 5.74) is 1.71. The lowest BCUT2D eigenvalue weighted by molar-refractivity contribution is -0.0237. The third-order valence-corrected chi connectivity index (χ3v) is 4.01. The molecule has 1 saturated heterocycles. The molecule has 1 spiro atoms. The summed E-state index contributed by atoms with van der Waals surface area (Å²) in [5.74, 6) is 1.54. The van der Waals surface area contributed by atoms with Gasteiger partial charge in [0.05, 0.1) is 31.6 Å². The molecule has 0 amide bonds. The molecule has 1 aromatic rings. The smallest absolute Gasteiger partial charge is 0.168 e. The highest BCUT2D eigenvalue weighted by Gasteiger charge is 2.43. The van der Waals surface area contributed by atoms with Crippen LogP contribution in [0.15, 0.2) is 23.4 Å². The molecule has 5 nitrogen and oxygen atoms in total. The first-order valence-electron chi connectivity index (χ1n) is 8.38. The van der Waals surface area contributed by atoms with Crippen LogP contribution in [0.3, 0.4) is 0 Å². The van der Waals surface area contributed by atoms with Crippen LogP contribution < -0.4 is 9.47 Å². The zero-order chi connectivity index (χ0) is 16.3. The van der Waals surface area contributed by atoms with Crippen LogP contribution in [0, 0.1) is 0 Å². The summed E-state index contributed by atoms with van der Waals surface area (Å²) < 4.78 is 17.2. The van der Waals surface area contributed by atoms with Gasteiger partial charge in [-0.3, -0.25) is 0 Å². The van der Waals surface area contributed by atoms with E-state index in [4.69, 9.17) is 19.0 Å². The third-order valence-electron chi connectivity index (χ3n) is 4.01. The zero-order valence-corrected chi connectivity index (χ0v) is 14.1. The van der Waals surface area contributed by atoms with E-state index in [0.29, 0.717) is 13.2 Å². The van der Waals surface area contributed by atoms with Crippen molar-refractivity contribution in [1.29, 1.82) is 0 Å². The van der Waals surface area contributed by atoms with Crippen LogP contribution in [0.1, 0.15) is 45.6 Å². The van der Waals surface area contributed by atoms with Gasteiger partial charge in [0.15, 0.2) is 17.1 Å². The van der Waals surface area contributed by atoms with Crippen molar-refractivity contribution in [2.45, 2.75) is 51.7 Å². The number of oxime groups is 1. The van der Waals surface area contributed by atoms with E-state index in [1.165, 1.54) is 0 Å². The minimum absolute atomic E-state index is 0.0885. The van der Waals surface area contributed by atoms with Gasteiger partial charge in [-0.2, -0.15) is 0 Å². The molecule has 2 heterocycles.